The lowest BCUT2D eigenvalue weighted by Crippen LogP contribution is -2.48. The zero-order chi connectivity index (χ0) is 13.5. The van der Waals surface area contributed by atoms with Gasteiger partial charge in [0.15, 0.2) is 0 Å². The van der Waals surface area contributed by atoms with Gasteiger partial charge in [-0.05, 0) is 19.8 Å². The van der Waals surface area contributed by atoms with Gasteiger partial charge >= 0.3 is 6.03 Å². The fourth-order valence-corrected chi connectivity index (χ4v) is 2.14. The minimum Gasteiger partial charge on any atom is -0.347 e. The lowest BCUT2D eigenvalue weighted by Gasteiger charge is -2.28. The van der Waals surface area contributed by atoms with E-state index in [1.165, 1.54) is 24.2 Å². The average Bonchev–Trinajstić information content (AvgIpc) is 2.36. The van der Waals surface area contributed by atoms with Gasteiger partial charge in [0.25, 0.3) is 0 Å². The third-order valence-corrected chi connectivity index (χ3v) is 3.43. The molecule has 5 nitrogen and oxygen atoms in total. The van der Waals surface area contributed by atoms with Gasteiger partial charge in [-0.1, -0.05) is 19.3 Å². The van der Waals surface area contributed by atoms with Crippen LogP contribution < -0.4 is 5.32 Å². The van der Waals surface area contributed by atoms with Crippen LogP contribution in [0.4, 0.5) is 4.79 Å². The number of likely N-dealkylation sites (N-methyl/N-ethyl adjacent to an activating group) is 2. The molecule has 1 rings (SSSR count). The average molecular weight is 255 g/mol. The van der Waals surface area contributed by atoms with E-state index in [4.69, 9.17) is 0 Å². The number of nitrogens with one attached hydrogen (secondary N) is 1. The Labute approximate surface area is 110 Å². The van der Waals surface area contributed by atoms with E-state index < -0.39 is 0 Å². The first kappa shape index (κ1) is 14.8. The Morgan fingerprint density at radius 1 is 1.17 bits per heavy atom. The maximum Gasteiger partial charge on any atom is 0.318 e. The number of carbonyl (C=O) groups is 2. The molecule has 1 N–H and O–H groups in total. The number of rotatable bonds is 4. The van der Waals surface area contributed by atoms with E-state index in [2.05, 4.69) is 5.32 Å². The summed E-state index contributed by atoms with van der Waals surface area (Å²) in [5.41, 5.74) is 0. The lowest BCUT2D eigenvalue weighted by molar-refractivity contribution is -0.129. The number of hydrogen-bond acceptors (Lipinski definition) is 2. The maximum atomic E-state index is 12.0. The maximum absolute atomic E-state index is 12.0. The zero-order valence-corrected chi connectivity index (χ0v) is 11.7. The Kier molecular flexibility index (Phi) is 5.95. The highest BCUT2D eigenvalue weighted by molar-refractivity contribution is 5.83. The van der Waals surface area contributed by atoms with E-state index in [0.29, 0.717) is 6.54 Å². The molecule has 0 aliphatic heterocycles. The van der Waals surface area contributed by atoms with Gasteiger partial charge in [0.05, 0.1) is 0 Å². The molecular formula is C13H25N3O2. The van der Waals surface area contributed by atoms with Crippen LogP contribution in [0.2, 0.25) is 0 Å². The van der Waals surface area contributed by atoms with Crippen LogP contribution in [-0.2, 0) is 4.79 Å². The summed E-state index contributed by atoms with van der Waals surface area (Å²) in [6.45, 7) is 2.60. The van der Waals surface area contributed by atoms with Gasteiger partial charge in [-0.3, -0.25) is 4.79 Å². The van der Waals surface area contributed by atoms with Crippen molar-refractivity contribution < 1.29 is 9.59 Å². The van der Waals surface area contributed by atoms with Gasteiger partial charge in [-0.15, -0.1) is 0 Å². The third kappa shape index (κ3) is 4.55. The number of nitrogens with zero attached hydrogens (tertiary/aromatic N) is 2. The van der Waals surface area contributed by atoms with Crippen molar-refractivity contribution in [1.29, 1.82) is 0 Å². The molecule has 0 aromatic carbocycles. The Morgan fingerprint density at radius 3 is 2.28 bits per heavy atom. The summed E-state index contributed by atoms with van der Waals surface area (Å²) in [6, 6.07) is 0.175. The second kappa shape index (κ2) is 7.24. The minimum absolute atomic E-state index is 0.0457. The molecule has 1 fully saturated rings. The van der Waals surface area contributed by atoms with Gasteiger partial charge in [0.1, 0.15) is 6.54 Å². The lowest BCUT2D eigenvalue weighted by atomic mass is 9.96. The van der Waals surface area contributed by atoms with E-state index in [0.717, 1.165) is 12.8 Å². The van der Waals surface area contributed by atoms with Gasteiger partial charge in [-0.25, -0.2) is 4.79 Å². The second-order valence-electron chi connectivity index (χ2n) is 5.09. The van der Waals surface area contributed by atoms with Crippen molar-refractivity contribution in [3.8, 4) is 0 Å². The van der Waals surface area contributed by atoms with Crippen molar-refractivity contribution >= 4 is 11.9 Å². The van der Waals surface area contributed by atoms with Crippen LogP contribution in [0.15, 0.2) is 0 Å². The fraction of sp³-hybridized carbons (Fsp3) is 0.846. The van der Waals surface area contributed by atoms with Crippen molar-refractivity contribution in [2.24, 2.45) is 0 Å². The van der Waals surface area contributed by atoms with Crippen LogP contribution in [0, 0.1) is 0 Å². The van der Waals surface area contributed by atoms with Crippen LogP contribution >= 0.6 is 0 Å². The summed E-state index contributed by atoms with van der Waals surface area (Å²) in [4.78, 5) is 26.7. The van der Waals surface area contributed by atoms with Crippen molar-refractivity contribution in [2.45, 2.75) is 45.1 Å². The predicted octanol–water partition coefficient (Wildman–Crippen LogP) is 1.44. The quantitative estimate of drug-likeness (QED) is 0.826. The molecular weight excluding hydrogens is 230 g/mol. The summed E-state index contributed by atoms with van der Waals surface area (Å²) in [5.74, 6) is -0.0457. The van der Waals surface area contributed by atoms with Crippen LogP contribution in [0.5, 0.6) is 0 Å². The molecule has 3 amide bonds. The van der Waals surface area contributed by atoms with Crippen LogP contribution in [-0.4, -0.2) is 55.0 Å². The van der Waals surface area contributed by atoms with E-state index in [9.17, 15) is 9.59 Å². The summed E-state index contributed by atoms with van der Waals surface area (Å²) in [6.07, 6.45) is 5.76. The van der Waals surface area contributed by atoms with Gasteiger partial charge in [-0.2, -0.15) is 0 Å². The number of carbonyl (C=O) groups excluding carboxylic acids is 2. The van der Waals surface area contributed by atoms with E-state index in [-0.39, 0.29) is 24.5 Å². The van der Waals surface area contributed by atoms with Crippen LogP contribution in [0.1, 0.15) is 39.0 Å². The largest absolute Gasteiger partial charge is 0.347 e. The standard InChI is InChI=1S/C13H25N3O2/c1-4-16(10-12(17)15(2)3)13(18)14-11-8-6-5-7-9-11/h11H,4-10H2,1-3H3,(H,14,18). The molecule has 0 atom stereocenters. The predicted molar refractivity (Wildman–Crippen MR) is 71.3 cm³/mol. The summed E-state index contributed by atoms with van der Waals surface area (Å²) in [5, 5.41) is 3.03. The monoisotopic (exact) mass is 255 g/mol. The molecule has 0 unspecified atom stereocenters. The Balaban J connectivity index is 2.43. The normalized spacial score (nSPS) is 16.2. The number of hydrogen-bond donors (Lipinski definition) is 1. The Morgan fingerprint density at radius 2 is 1.78 bits per heavy atom. The minimum atomic E-state index is -0.111. The first-order valence-corrected chi connectivity index (χ1v) is 6.80. The molecule has 0 radical (unpaired) electrons. The smallest absolute Gasteiger partial charge is 0.318 e. The molecule has 0 aromatic heterocycles. The van der Waals surface area contributed by atoms with Crippen molar-refractivity contribution in [3.63, 3.8) is 0 Å². The zero-order valence-electron chi connectivity index (χ0n) is 11.7. The highest BCUT2D eigenvalue weighted by atomic mass is 16.2. The van der Waals surface area contributed by atoms with E-state index in [1.54, 1.807) is 19.0 Å². The molecule has 5 heteroatoms. The number of amides is 3. The van der Waals surface area contributed by atoms with Crippen molar-refractivity contribution in [2.75, 3.05) is 27.2 Å². The first-order chi connectivity index (χ1) is 8.54. The molecule has 18 heavy (non-hydrogen) atoms. The Bertz CT molecular complexity index is 286. The van der Waals surface area contributed by atoms with E-state index >= 15 is 0 Å². The molecule has 0 aromatic rings. The molecule has 0 saturated heterocycles. The van der Waals surface area contributed by atoms with Crippen LogP contribution in [0.25, 0.3) is 0 Å². The number of urea groups is 1. The highest BCUT2D eigenvalue weighted by Gasteiger charge is 2.20. The van der Waals surface area contributed by atoms with E-state index in [1.807, 2.05) is 6.92 Å². The van der Waals surface area contributed by atoms with Gasteiger partial charge < -0.3 is 15.1 Å². The fourth-order valence-electron chi connectivity index (χ4n) is 2.14. The van der Waals surface area contributed by atoms with Crippen LogP contribution in [0.3, 0.4) is 0 Å². The first-order valence-electron chi connectivity index (χ1n) is 6.80. The molecule has 104 valence electrons. The molecule has 1 aliphatic rings. The summed E-state index contributed by atoms with van der Waals surface area (Å²) >= 11 is 0. The molecule has 0 heterocycles. The topological polar surface area (TPSA) is 52.7 Å². The van der Waals surface area contributed by atoms with Gasteiger partial charge in [0.2, 0.25) is 5.91 Å². The molecule has 1 saturated carbocycles. The molecule has 0 bridgehead atoms. The third-order valence-electron chi connectivity index (χ3n) is 3.43. The Hall–Kier alpha value is -1.26. The second-order valence-corrected chi connectivity index (χ2v) is 5.09. The van der Waals surface area contributed by atoms with Crippen molar-refractivity contribution in [1.82, 2.24) is 15.1 Å². The van der Waals surface area contributed by atoms with Crippen molar-refractivity contribution in [3.05, 3.63) is 0 Å². The SMILES string of the molecule is CCN(CC(=O)N(C)C)C(=O)NC1CCCCC1. The summed E-state index contributed by atoms with van der Waals surface area (Å²) < 4.78 is 0. The molecule has 0 spiro atoms. The summed E-state index contributed by atoms with van der Waals surface area (Å²) in [7, 11) is 3.41. The van der Waals surface area contributed by atoms with Gasteiger partial charge in [0, 0.05) is 26.7 Å². The highest BCUT2D eigenvalue weighted by Crippen LogP contribution is 2.17. The molecule has 1 aliphatic carbocycles.